The van der Waals surface area contributed by atoms with Gasteiger partial charge in [0.15, 0.2) is 0 Å². The molecule has 1 aromatic heterocycles. The van der Waals surface area contributed by atoms with Crippen LogP contribution in [0.2, 0.25) is 0 Å². The number of para-hydroxylation sites is 3. The molecule has 0 saturated heterocycles. The van der Waals surface area contributed by atoms with Gasteiger partial charge in [-0.1, -0.05) is 139 Å². The summed E-state index contributed by atoms with van der Waals surface area (Å²) >= 11 is 0. The molecule has 1 heterocycles. The van der Waals surface area contributed by atoms with Crippen LogP contribution in [0.4, 0.5) is 17.1 Å². The number of benzene rings is 8. The van der Waals surface area contributed by atoms with E-state index in [0.29, 0.717) is 0 Å². The molecule has 0 saturated carbocycles. The van der Waals surface area contributed by atoms with E-state index in [-0.39, 0.29) is 0 Å². The van der Waals surface area contributed by atoms with Gasteiger partial charge in [0.1, 0.15) is 0 Å². The predicted molar refractivity (Wildman–Crippen MR) is 221 cm³/mol. The second kappa shape index (κ2) is 13.2. The van der Waals surface area contributed by atoms with E-state index in [1.54, 1.807) is 0 Å². The van der Waals surface area contributed by atoms with Crippen molar-refractivity contribution in [3.05, 3.63) is 205 Å². The van der Waals surface area contributed by atoms with Crippen molar-refractivity contribution in [1.29, 1.82) is 0 Å². The first-order valence-electron chi connectivity index (χ1n) is 17.9. The van der Waals surface area contributed by atoms with E-state index in [2.05, 4.69) is 217 Å². The first kappa shape index (κ1) is 31.3. The SMILES string of the molecule is Cc1cc(C)cc(-c2cccc(-c3ccc(N(c4ccccc4)c4ccc(-c5ccc(-n6c7ccccc7c7ccccc76)cc5)cc4)cc3)c2)c1. The Bertz CT molecular complexity index is 2590. The average Bonchev–Trinajstić information content (AvgIpc) is 3.53. The Balaban J connectivity index is 1.01. The van der Waals surface area contributed by atoms with E-state index in [1.165, 1.54) is 66.3 Å². The number of aryl methyl sites for hydroxylation is 2. The molecular formula is C50H38N2. The van der Waals surface area contributed by atoms with Crippen LogP contribution in [-0.4, -0.2) is 4.57 Å². The maximum atomic E-state index is 2.36. The highest BCUT2D eigenvalue weighted by molar-refractivity contribution is 6.09. The maximum absolute atomic E-state index is 2.36. The van der Waals surface area contributed by atoms with E-state index >= 15 is 0 Å². The van der Waals surface area contributed by atoms with Gasteiger partial charge in [0.2, 0.25) is 0 Å². The van der Waals surface area contributed by atoms with E-state index in [0.717, 1.165) is 22.7 Å². The molecule has 2 heteroatoms. The monoisotopic (exact) mass is 666 g/mol. The van der Waals surface area contributed by atoms with Crippen LogP contribution in [0.3, 0.4) is 0 Å². The minimum atomic E-state index is 1.11. The van der Waals surface area contributed by atoms with Crippen molar-refractivity contribution in [1.82, 2.24) is 4.57 Å². The van der Waals surface area contributed by atoms with Gasteiger partial charge in [-0.3, -0.25) is 0 Å². The Labute approximate surface area is 305 Å². The third-order valence-electron chi connectivity index (χ3n) is 10.1. The van der Waals surface area contributed by atoms with Crippen molar-refractivity contribution in [2.75, 3.05) is 4.90 Å². The first-order chi connectivity index (χ1) is 25.6. The van der Waals surface area contributed by atoms with Crippen LogP contribution < -0.4 is 4.90 Å². The molecule has 0 aliphatic carbocycles. The Morgan fingerprint density at radius 2 is 0.769 bits per heavy atom. The van der Waals surface area contributed by atoms with Crippen molar-refractivity contribution in [3.63, 3.8) is 0 Å². The minimum Gasteiger partial charge on any atom is -0.311 e. The molecule has 0 unspecified atom stereocenters. The lowest BCUT2D eigenvalue weighted by molar-refractivity contribution is 1.18. The molecule has 0 spiro atoms. The zero-order valence-corrected chi connectivity index (χ0v) is 29.4. The van der Waals surface area contributed by atoms with Crippen LogP contribution in [-0.2, 0) is 0 Å². The van der Waals surface area contributed by atoms with Gasteiger partial charge in [-0.15, -0.1) is 0 Å². The molecular weight excluding hydrogens is 629 g/mol. The lowest BCUT2D eigenvalue weighted by Crippen LogP contribution is -2.09. The zero-order chi connectivity index (χ0) is 35.0. The molecule has 0 atom stereocenters. The van der Waals surface area contributed by atoms with Gasteiger partial charge >= 0.3 is 0 Å². The molecule has 9 aromatic rings. The summed E-state index contributed by atoms with van der Waals surface area (Å²) in [6.07, 6.45) is 0. The van der Waals surface area contributed by atoms with Gasteiger partial charge in [0.05, 0.1) is 11.0 Å². The molecule has 0 aliphatic rings. The van der Waals surface area contributed by atoms with Crippen LogP contribution in [0.1, 0.15) is 11.1 Å². The minimum absolute atomic E-state index is 1.11. The quantitative estimate of drug-likeness (QED) is 0.164. The van der Waals surface area contributed by atoms with Gasteiger partial charge in [-0.25, -0.2) is 0 Å². The molecule has 52 heavy (non-hydrogen) atoms. The molecule has 248 valence electrons. The third-order valence-corrected chi connectivity index (χ3v) is 10.1. The number of nitrogens with zero attached hydrogens (tertiary/aromatic N) is 2. The fourth-order valence-electron chi connectivity index (χ4n) is 7.65. The summed E-state index contributed by atoms with van der Waals surface area (Å²) in [6.45, 7) is 4.33. The Morgan fingerprint density at radius 1 is 0.327 bits per heavy atom. The highest BCUT2D eigenvalue weighted by atomic mass is 15.1. The van der Waals surface area contributed by atoms with Crippen molar-refractivity contribution in [3.8, 4) is 39.1 Å². The number of hydrogen-bond donors (Lipinski definition) is 0. The summed E-state index contributed by atoms with van der Waals surface area (Å²) in [5, 5.41) is 2.55. The Hall–Kier alpha value is -6.64. The molecule has 0 bridgehead atoms. The number of aromatic nitrogens is 1. The zero-order valence-electron chi connectivity index (χ0n) is 29.4. The summed E-state index contributed by atoms with van der Waals surface area (Å²) in [7, 11) is 0. The fraction of sp³-hybridized carbons (Fsp3) is 0.0400. The van der Waals surface area contributed by atoms with Gasteiger partial charge in [0.25, 0.3) is 0 Å². The van der Waals surface area contributed by atoms with Crippen LogP contribution in [0.15, 0.2) is 194 Å². The first-order valence-corrected chi connectivity index (χ1v) is 17.9. The maximum Gasteiger partial charge on any atom is 0.0541 e. The number of fused-ring (bicyclic) bond motifs is 3. The van der Waals surface area contributed by atoms with Crippen molar-refractivity contribution in [2.45, 2.75) is 13.8 Å². The lowest BCUT2D eigenvalue weighted by Gasteiger charge is -2.26. The van der Waals surface area contributed by atoms with Gasteiger partial charge in [-0.05, 0) is 114 Å². The lowest BCUT2D eigenvalue weighted by atomic mass is 9.96. The standard InChI is InChI=1S/C50H38N2/c1-35-31-36(2)33-42(32-35)41-12-10-11-40(34-41)39-23-27-45(28-24-39)51(43-13-4-3-5-14-43)44-25-19-37(20-26-44)38-21-29-46(30-22-38)52-49-17-8-6-15-47(49)48-16-7-9-18-50(48)52/h3-34H,1-2H3. The number of hydrogen-bond acceptors (Lipinski definition) is 1. The van der Waals surface area contributed by atoms with Gasteiger partial charge in [0, 0.05) is 33.5 Å². The molecule has 0 aliphatic heterocycles. The third kappa shape index (κ3) is 5.85. The summed E-state index contributed by atoms with van der Waals surface area (Å²) in [5.74, 6) is 0. The smallest absolute Gasteiger partial charge is 0.0541 e. The molecule has 0 fully saturated rings. The van der Waals surface area contributed by atoms with E-state index in [1.807, 2.05) is 0 Å². The summed E-state index contributed by atoms with van der Waals surface area (Å²) in [4.78, 5) is 2.32. The summed E-state index contributed by atoms with van der Waals surface area (Å²) < 4.78 is 2.36. The molecule has 0 radical (unpaired) electrons. The van der Waals surface area contributed by atoms with Crippen LogP contribution in [0.5, 0.6) is 0 Å². The second-order valence-corrected chi connectivity index (χ2v) is 13.6. The summed E-state index contributed by atoms with van der Waals surface area (Å²) in [5.41, 5.74) is 16.8. The van der Waals surface area contributed by atoms with E-state index in [9.17, 15) is 0 Å². The Kier molecular flexibility index (Phi) is 7.98. The van der Waals surface area contributed by atoms with Crippen molar-refractivity contribution in [2.24, 2.45) is 0 Å². The van der Waals surface area contributed by atoms with Crippen molar-refractivity contribution < 1.29 is 0 Å². The number of rotatable bonds is 7. The highest BCUT2D eigenvalue weighted by Gasteiger charge is 2.15. The van der Waals surface area contributed by atoms with Gasteiger partial charge < -0.3 is 9.47 Å². The van der Waals surface area contributed by atoms with Crippen LogP contribution in [0, 0.1) is 13.8 Å². The molecule has 0 N–H and O–H groups in total. The normalized spacial score (nSPS) is 11.3. The van der Waals surface area contributed by atoms with E-state index < -0.39 is 0 Å². The molecule has 0 amide bonds. The molecule has 2 nitrogen and oxygen atoms in total. The summed E-state index contributed by atoms with van der Waals surface area (Å²) in [6, 6.07) is 70.3. The topological polar surface area (TPSA) is 8.17 Å². The van der Waals surface area contributed by atoms with Crippen LogP contribution in [0.25, 0.3) is 60.9 Å². The fourth-order valence-corrected chi connectivity index (χ4v) is 7.65. The average molecular weight is 667 g/mol. The predicted octanol–water partition coefficient (Wildman–Crippen LogP) is 13.9. The molecule has 8 aromatic carbocycles. The van der Waals surface area contributed by atoms with Crippen molar-refractivity contribution >= 4 is 38.9 Å². The Morgan fingerprint density at radius 3 is 1.33 bits per heavy atom. The largest absolute Gasteiger partial charge is 0.311 e. The second-order valence-electron chi connectivity index (χ2n) is 13.6. The van der Waals surface area contributed by atoms with Gasteiger partial charge in [-0.2, -0.15) is 0 Å². The van der Waals surface area contributed by atoms with E-state index in [4.69, 9.17) is 0 Å². The van der Waals surface area contributed by atoms with Crippen LogP contribution >= 0.6 is 0 Å². The molecule has 9 rings (SSSR count). The number of anilines is 3. The highest BCUT2D eigenvalue weighted by Crippen LogP contribution is 2.38.